The van der Waals surface area contributed by atoms with Gasteiger partial charge in [0, 0.05) is 17.7 Å². The Labute approximate surface area is 123 Å². The van der Waals surface area contributed by atoms with Crippen LogP contribution in [0.3, 0.4) is 0 Å². The summed E-state index contributed by atoms with van der Waals surface area (Å²) in [4.78, 5) is 3.30. The van der Waals surface area contributed by atoms with E-state index in [2.05, 4.69) is 16.5 Å². The summed E-state index contributed by atoms with van der Waals surface area (Å²) in [7, 11) is 3.31. The third-order valence-corrected chi connectivity index (χ3v) is 4.69. The van der Waals surface area contributed by atoms with Crippen LogP contribution >= 0.6 is 12.2 Å². The van der Waals surface area contributed by atoms with Crippen LogP contribution in [-0.2, 0) is 5.54 Å². The van der Waals surface area contributed by atoms with E-state index in [-0.39, 0.29) is 5.54 Å². The van der Waals surface area contributed by atoms with Crippen molar-refractivity contribution in [1.29, 1.82) is 0 Å². The number of hydrogen-bond acceptors (Lipinski definition) is 3. The van der Waals surface area contributed by atoms with Crippen LogP contribution in [0.5, 0.6) is 11.5 Å². The van der Waals surface area contributed by atoms with Crippen LogP contribution < -0.4 is 9.47 Å². The zero-order valence-electron chi connectivity index (χ0n) is 12.2. The number of rotatable bonds is 3. The van der Waals surface area contributed by atoms with E-state index in [0.717, 1.165) is 27.3 Å². The van der Waals surface area contributed by atoms with Gasteiger partial charge in [0.1, 0.15) is 0 Å². The summed E-state index contributed by atoms with van der Waals surface area (Å²) in [5, 5.41) is 0. The minimum Gasteiger partial charge on any atom is -0.493 e. The minimum absolute atomic E-state index is 0.106. The van der Waals surface area contributed by atoms with Gasteiger partial charge in [0.2, 0.25) is 0 Å². The van der Waals surface area contributed by atoms with E-state index in [9.17, 15) is 0 Å². The predicted octanol–water partition coefficient (Wildman–Crippen LogP) is 4.01. The molecule has 1 N–H and O–H groups in total. The van der Waals surface area contributed by atoms with Crippen molar-refractivity contribution in [1.82, 2.24) is 9.55 Å². The maximum absolute atomic E-state index is 5.55. The van der Waals surface area contributed by atoms with Crippen molar-refractivity contribution in [2.24, 2.45) is 0 Å². The Balaban J connectivity index is 2.27. The van der Waals surface area contributed by atoms with Crippen molar-refractivity contribution in [2.45, 2.75) is 38.1 Å². The number of aromatic amines is 1. The fourth-order valence-corrected chi connectivity index (χ4v) is 3.76. The van der Waals surface area contributed by atoms with Gasteiger partial charge in [-0.2, -0.15) is 0 Å². The molecule has 1 aliphatic carbocycles. The molecule has 1 fully saturated rings. The fourth-order valence-electron chi connectivity index (χ4n) is 3.33. The molecule has 0 bridgehead atoms. The van der Waals surface area contributed by atoms with Crippen LogP contribution in [0.4, 0.5) is 0 Å². The Hall–Kier alpha value is -1.49. The van der Waals surface area contributed by atoms with Crippen molar-refractivity contribution in [3.05, 3.63) is 16.9 Å². The summed E-state index contributed by atoms with van der Waals surface area (Å²) in [6.07, 6.45) is 4.86. The average Bonchev–Trinajstić information content (AvgIpc) is 3.00. The van der Waals surface area contributed by atoms with Gasteiger partial charge in [-0.1, -0.05) is 12.8 Å². The Bertz CT molecular complexity index is 696. The molecule has 1 aromatic carbocycles. The van der Waals surface area contributed by atoms with Gasteiger partial charge < -0.3 is 19.0 Å². The molecule has 20 heavy (non-hydrogen) atoms. The number of ether oxygens (including phenoxy) is 2. The van der Waals surface area contributed by atoms with Gasteiger partial charge in [-0.3, -0.25) is 0 Å². The topological polar surface area (TPSA) is 39.2 Å². The maximum atomic E-state index is 5.55. The van der Waals surface area contributed by atoms with E-state index in [1.165, 1.54) is 25.7 Å². The van der Waals surface area contributed by atoms with Gasteiger partial charge in [-0.25, -0.2) is 0 Å². The summed E-state index contributed by atoms with van der Waals surface area (Å²) in [6, 6.07) is 3.98. The molecule has 0 spiro atoms. The van der Waals surface area contributed by atoms with E-state index < -0.39 is 0 Å². The number of methoxy groups -OCH3 is 2. The van der Waals surface area contributed by atoms with Gasteiger partial charge in [0.15, 0.2) is 16.3 Å². The van der Waals surface area contributed by atoms with Crippen molar-refractivity contribution < 1.29 is 9.47 Å². The lowest BCUT2D eigenvalue weighted by Gasteiger charge is -2.26. The van der Waals surface area contributed by atoms with Gasteiger partial charge in [0.25, 0.3) is 0 Å². The first-order valence-corrected chi connectivity index (χ1v) is 7.37. The molecule has 0 aliphatic heterocycles. The maximum Gasteiger partial charge on any atom is 0.178 e. The second-order valence-corrected chi connectivity index (χ2v) is 6.08. The van der Waals surface area contributed by atoms with Crippen LogP contribution in [0.1, 0.15) is 32.6 Å². The molecule has 0 atom stereocenters. The van der Waals surface area contributed by atoms with Gasteiger partial charge >= 0.3 is 0 Å². The third-order valence-electron chi connectivity index (χ3n) is 4.41. The lowest BCUT2D eigenvalue weighted by molar-refractivity contribution is 0.333. The summed E-state index contributed by atoms with van der Waals surface area (Å²) in [6.45, 7) is 2.29. The Morgan fingerprint density at radius 1 is 1.15 bits per heavy atom. The molecule has 2 aromatic rings. The van der Waals surface area contributed by atoms with E-state index in [4.69, 9.17) is 21.7 Å². The molecule has 0 unspecified atom stereocenters. The molecule has 5 heteroatoms. The highest BCUT2D eigenvalue weighted by molar-refractivity contribution is 7.71. The van der Waals surface area contributed by atoms with Gasteiger partial charge in [-0.15, -0.1) is 0 Å². The van der Waals surface area contributed by atoms with Crippen LogP contribution in [0.25, 0.3) is 11.0 Å². The van der Waals surface area contributed by atoms with E-state index in [1.807, 2.05) is 12.1 Å². The van der Waals surface area contributed by atoms with Crippen LogP contribution in [-0.4, -0.2) is 23.8 Å². The summed E-state index contributed by atoms with van der Waals surface area (Å²) in [5.41, 5.74) is 2.20. The number of nitrogens with one attached hydrogen (secondary N) is 1. The molecular formula is C15H20N2O2S. The highest BCUT2D eigenvalue weighted by Gasteiger charge is 2.32. The first kappa shape index (κ1) is 13.5. The first-order valence-electron chi connectivity index (χ1n) is 6.96. The number of H-pyrrole nitrogens is 1. The largest absolute Gasteiger partial charge is 0.493 e. The van der Waals surface area contributed by atoms with Crippen LogP contribution in [0.2, 0.25) is 0 Å². The number of aromatic nitrogens is 2. The van der Waals surface area contributed by atoms with Crippen molar-refractivity contribution in [3.63, 3.8) is 0 Å². The zero-order chi connectivity index (χ0) is 14.3. The molecule has 1 saturated carbocycles. The van der Waals surface area contributed by atoms with E-state index in [1.54, 1.807) is 14.2 Å². The second-order valence-electron chi connectivity index (χ2n) is 5.69. The van der Waals surface area contributed by atoms with Crippen molar-refractivity contribution in [2.75, 3.05) is 14.2 Å². The minimum atomic E-state index is 0.106. The third kappa shape index (κ3) is 1.92. The molecule has 0 amide bonds. The van der Waals surface area contributed by atoms with Crippen LogP contribution in [0.15, 0.2) is 12.1 Å². The molecule has 1 aromatic heterocycles. The highest BCUT2D eigenvalue weighted by atomic mass is 32.1. The zero-order valence-corrected chi connectivity index (χ0v) is 13.0. The highest BCUT2D eigenvalue weighted by Crippen LogP contribution is 2.40. The second kappa shape index (κ2) is 4.81. The predicted molar refractivity (Wildman–Crippen MR) is 82.3 cm³/mol. The number of nitrogens with zero attached hydrogens (tertiary/aromatic N) is 1. The van der Waals surface area contributed by atoms with Crippen molar-refractivity contribution >= 4 is 23.3 Å². The smallest absolute Gasteiger partial charge is 0.178 e. The fraction of sp³-hybridized carbons (Fsp3) is 0.533. The lowest BCUT2D eigenvalue weighted by Crippen LogP contribution is -2.26. The summed E-state index contributed by atoms with van der Waals surface area (Å²) < 4.78 is 13.8. The van der Waals surface area contributed by atoms with Gasteiger partial charge in [0.05, 0.1) is 25.3 Å². The molecule has 1 heterocycles. The molecule has 0 saturated heterocycles. The Morgan fingerprint density at radius 2 is 1.75 bits per heavy atom. The SMILES string of the molecule is COc1cc2[nH]c(=S)n(C3(C)CCCC3)c2cc1OC. The molecular weight excluding hydrogens is 272 g/mol. The first-order chi connectivity index (χ1) is 9.59. The quantitative estimate of drug-likeness (QED) is 0.869. The molecule has 3 rings (SSSR count). The van der Waals surface area contributed by atoms with E-state index >= 15 is 0 Å². The van der Waals surface area contributed by atoms with Crippen LogP contribution in [0, 0.1) is 4.77 Å². The number of benzene rings is 1. The Kier molecular flexibility index (Phi) is 3.24. The Morgan fingerprint density at radius 3 is 2.35 bits per heavy atom. The monoisotopic (exact) mass is 292 g/mol. The van der Waals surface area contributed by atoms with E-state index in [0.29, 0.717) is 0 Å². The lowest BCUT2D eigenvalue weighted by atomic mass is 10.00. The average molecular weight is 292 g/mol. The number of hydrogen-bond donors (Lipinski definition) is 1. The number of fused-ring (bicyclic) bond motifs is 1. The standard InChI is InChI=1S/C15H20N2O2S/c1-15(6-4-5-7-15)17-11-9-13(19-3)12(18-2)8-10(11)16-14(17)20/h8-9H,4-7H2,1-3H3,(H,16,20). The van der Waals surface area contributed by atoms with Gasteiger partial charge in [-0.05, 0) is 32.0 Å². The molecule has 108 valence electrons. The summed E-state index contributed by atoms with van der Waals surface area (Å²) in [5.74, 6) is 1.46. The summed E-state index contributed by atoms with van der Waals surface area (Å²) >= 11 is 5.55. The molecule has 1 aliphatic rings. The number of imidazole rings is 1. The molecule has 4 nitrogen and oxygen atoms in total. The van der Waals surface area contributed by atoms with Crippen molar-refractivity contribution in [3.8, 4) is 11.5 Å². The molecule has 0 radical (unpaired) electrons. The normalized spacial score (nSPS) is 17.6.